The van der Waals surface area contributed by atoms with E-state index in [1.165, 1.54) is 36.0 Å². The van der Waals surface area contributed by atoms with Crippen molar-refractivity contribution in [3.8, 4) is 0 Å². The van der Waals surface area contributed by atoms with E-state index >= 15 is 0 Å². The minimum Gasteiger partial charge on any atom is -0.338 e. The number of rotatable bonds is 5. The van der Waals surface area contributed by atoms with Gasteiger partial charge in [-0.1, -0.05) is 18.2 Å². The largest absolute Gasteiger partial charge is 0.338 e. The van der Waals surface area contributed by atoms with Gasteiger partial charge in [0.2, 0.25) is 5.91 Å². The number of imide groups is 1. The van der Waals surface area contributed by atoms with Crippen molar-refractivity contribution in [1.82, 2.24) is 16.0 Å². The van der Waals surface area contributed by atoms with Crippen molar-refractivity contribution in [2.24, 2.45) is 0 Å². The second-order valence-electron chi connectivity index (χ2n) is 6.19. The van der Waals surface area contributed by atoms with Crippen LogP contribution in [0.3, 0.4) is 0 Å². The molecule has 2 rings (SSSR count). The van der Waals surface area contributed by atoms with Crippen LogP contribution in [0.25, 0.3) is 0 Å². The lowest BCUT2D eigenvalue weighted by molar-refractivity contribution is -0.121. The second-order valence-corrected chi connectivity index (χ2v) is 6.19. The molecule has 0 radical (unpaired) electrons. The van der Waals surface area contributed by atoms with E-state index in [4.69, 9.17) is 0 Å². The van der Waals surface area contributed by atoms with Crippen molar-refractivity contribution in [1.29, 1.82) is 0 Å². The van der Waals surface area contributed by atoms with Crippen LogP contribution in [-0.2, 0) is 17.6 Å². The van der Waals surface area contributed by atoms with Gasteiger partial charge >= 0.3 is 6.03 Å². The number of carbonyl (C=O) groups is 2. The number of carbonyl (C=O) groups excluding carboxylic acids is 2. The monoisotopic (exact) mass is 317 g/mol. The zero-order valence-corrected chi connectivity index (χ0v) is 14.2. The highest BCUT2D eigenvalue weighted by Gasteiger charge is 2.19. The third-order valence-corrected chi connectivity index (χ3v) is 4.34. The fraction of sp³-hybridized carbons (Fsp3) is 0.556. The highest BCUT2D eigenvalue weighted by molar-refractivity contribution is 5.96. The summed E-state index contributed by atoms with van der Waals surface area (Å²) in [6.45, 7) is 6.11. The smallest absolute Gasteiger partial charge is 0.321 e. The van der Waals surface area contributed by atoms with Crippen LogP contribution in [0.1, 0.15) is 56.3 Å². The molecule has 2 unspecified atom stereocenters. The van der Waals surface area contributed by atoms with Gasteiger partial charge in [-0.05, 0) is 63.1 Å². The van der Waals surface area contributed by atoms with Gasteiger partial charge in [0.15, 0.2) is 0 Å². The summed E-state index contributed by atoms with van der Waals surface area (Å²) in [7, 11) is 0. The van der Waals surface area contributed by atoms with Crippen LogP contribution < -0.4 is 16.0 Å². The van der Waals surface area contributed by atoms with Gasteiger partial charge in [-0.2, -0.15) is 0 Å². The van der Waals surface area contributed by atoms with E-state index in [9.17, 15) is 9.59 Å². The molecule has 0 aromatic heterocycles. The Morgan fingerprint density at radius 2 is 1.83 bits per heavy atom. The van der Waals surface area contributed by atoms with E-state index in [1.807, 2.05) is 13.8 Å². The van der Waals surface area contributed by atoms with Gasteiger partial charge in [-0.15, -0.1) is 0 Å². The molecule has 5 nitrogen and oxygen atoms in total. The van der Waals surface area contributed by atoms with Crippen molar-refractivity contribution in [2.45, 2.75) is 58.5 Å². The van der Waals surface area contributed by atoms with Crippen molar-refractivity contribution < 1.29 is 9.59 Å². The maximum absolute atomic E-state index is 12.0. The Kier molecular flexibility index (Phi) is 6.16. The van der Waals surface area contributed by atoms with Crippen LogP contribution in [0.15, 0.2) is 18.2 Å². The molecule has 3 amide bonds. The molecule has 3 N–H and O–H groups in total. The van der Waals surface area contributed by atoms with Crippen LogP contribution in [0.5, 0.6) is 0 Å². The Labute approximate surface area is 138 Å². The minimum absolute atomic E-state index is 0.0530. The molecular formula is C18H27N3O2. The third kappa shape index (κ3) is 4.79. The summed E-state index contributed by atoms with van der Waals surface area (Å²) < 4.78 is 0. The number of hydrogen-bond acceptors (Lipinski definition) is 3. The molecule has 1 aromatic rings. The molecule has 1 aliphatic rings. The first kappa shape index (κ1) is 17.5. The molecule has 0 bridgehead atoms. The zero-order valence-electron chi connectivity index (χ0n) is 14.2. The first-order valence-corrected chi connectivity index (χ1v) is 8.47. The minimum atomic E-state index is -0.451. The summed E-state index contributed by atoms with van der Waals surface area (Å²) in [5.41, 5.74) is 4.07. The summed E-state index contributed by atoms with van der Waals surface area (Å²) in [6, 6.07) is 5.76. The number of aryl methyl sites for hydroxylation is 2. The van der Waals surface area contributed by atoms with E-state index in [2.05, 4.69) is 34.1 Å². The van der Waals surface area contributed by atoms with Crippen LogP contribution in [-0.4, -0.2) is 24.5 Å². The van der Waals surface area contributed by atoms with Gasteiger partial charge < -0.3 is 5.32 Å². The van der Waals surface area contributed by atoms with Crippen molar-refractivity contribution in [3.05, 3.63) is 34.9 Å². The Morgan fingerprint density at radius 1 is 1.13 bits per heavy atom. The maximum atomic E-state index is 12.0. The van der Waals surface area contributed by atoms with Gasteiger partial charge in [-0.3, -0.25) is 15.4 Å². The standard InChI is InChI=1S/C18H27N3O2/c1-4-19-18(23)21-17(22)13(3)20-12(2)15-10-9-14-7-5-6-8-16(14)11-15/h9-13,20H,4-8H2,1-3H3,(H2,19,21,22,23). The molecule has 0 aliphatic heterocycles. The molecule has 0 saturated carbocycles. The highest BCUT2D eigenvalue weighted by atomic mass is 16.2. The molecule has 0 spiro atoms. The number of nitrogens with one attached hydrogen (secondary N) is 3. The number of benzene rings is 1. The molecule has 126 valence electrons. The zero-order chi connectivity index (χ0) is 16.8. The summed E-state index contributed by atoms with van der Waals surface area (Å²) >= 11 is 0. The van der Waals surface area contributed by atoms with Crippen LogP contribution >= 0.6 is 0 Å². The number of hydrogen-bond donors (Lipinski definition) is 3. The molecule has 2 atom stereocenters. The lowest BCUT2D eigenvalue weighted by Gasteiger charge is -2.22. The molecule has 0 saturated heterocycles. The molecule has 5 heteroatoms. The van der Waals surface area contributed by atoms with Crippen LogP contribution in [0, 0.1) is 0 Å². The van der Waals surface area contributed by atoms with Crippen molar-refractivity contribution in [3.63, 3.8) is 0 Å². The number of amides is 3. The van der Waals surface area contributed by atoms with Crippen molar-refractivity contribution >= 4 is 11.9 Å². The predicted molar refractivity (Wildman–Crippen MR) is 91.3 cm³/mol. The molecule has 0 fully saturated rings. The molecule has 1 aromatic carbocycles. The lowest BCUT2D eigenvalue weighted by atomic mass is 9.89. The molecule has 0 heterocycles. The fourth-order valence-corrected chi connectivity index (χ4v) is 2.99. The van der Waals surface area contributed by atoms with Gasteiger partial charge in [0.1, 0.15) is 0 Å². The summed E-state index contributed by atoms with van der Waals surface area (Å²) in [4.78, 5) is 23.4. The van der Waals surface area contributed by atoms with Gasteiger partial charge in [0.25, 0.3) is 0 Å². The molecule has 1 aliphatic carbocycles. The Hall–Kier alpha value is -1.88. The first-order valence-electron chi connectivity index (χ1n) is 8.47. The normalized spacial score (nSPS) is 16.1. The topological polar surface area (TPSA) is 70.2 Å². The Balaban J connectivity index is 1.94. The fourth-order valence-electron chi connectivity index (χ4n) is 2.99. The van der Waals surface area contributed by atoms with E-state index in [-0.39, 0.29) is 11.9 Å². The van der Waals surface area contributed by atoms with E-state index in [0.29, 0.717) is 6.54 Å². The summed E-state index contributed by atoms with van der Waals surface area (Å²) in [6.07, 6.45) is 4.84. The van der Waals surface area contributed by atoms with E-state index in [1.54, 1.807) is 6.92 Å². The lowest BCUT2D eigenvalue weighted by Crippen LogP contribution is -2.48. The second kappa shape index (κ2) is 8.11. The van der Waals surface area contributed by atoms with Crippen LogP contribution in [0.4, 0.5) is 4.79 Å². The average Bonchev–Trinajstić information content (AvgIpc) is 2.54. The summed E-state index contributed by atoms with van der Waals surface area (Å²) in [5, 5.41) is 8.15. The number of urea groups is 1. The van der Waals surface area contributed by atoms with Crippen molar-refractivity contribution in [2.75, 3.05) is 6.54 Å². The quantitative estimate of drug-likeness (QED) is 0.781. The van der Waals surface area contributed by atoms with Gasteiger partial charge in [0.05, 0.1) is 6.04 Å². The van der Waals surface area contributed by atoms with Gasteiger partial charge in [-0.25, -0.2) is 4.79 Å². The molecular weight excluding hydrogens is 290 g/mol. The summed E-state index contributed by atoms with van der Waals surface area (Å²) in [5.74, 6) is -0.319. The average molecular weight is 317 g/mol. The van der Waals surface area contributed by atoms with E-state index < -0.39 is 12.1 Å². The first-order chi connectivity index (χ1) is 11.0. The van der Waals surface area contributed by atoms with Crippen LogP contribution in [0.2, 0.25) is 0 Å². The number of fused-ring (bicyclic) bond motifs is 1. The third-order valence-electron chi connectivity index (χ3n) is 4.34. The Morgan fingerprint density at radius 3 is 2.52 bits per heavy atom. The SMILES string of the molecule is CCNC(=O)NC(=O)C(C)NC(C)c1ccc2c(c1)CCCC2. The maximum Gasteiger partial charge on any atom is 0.321 e. The molecule has 23 heavy (non-hydrogen) atoms. The van der Waals surface area contributed by atoms with E-state index in [0.717, 1.165) is 6.42 Å². The Bertz CT molecular complexity index is 571. The van der Waals surface area contributed by atoms with Gasteiger partial charge in [0, 0.05) is 12.6 Å². The highest BCUT2D eigenvalue weighted by Crippen LogP contribution is 2.24. The predicted octanol–water partition coefficient (Wildman–Crippen LogP) is 2.45.